The molecule has 2 aliphatic rings. The van der Waals surface area contributed by atoms with Gasteiger partial charge in [0.1, 0.15) is 42.9 Å². The van der Waals surface area contributed by atoms with Gasteiger partial charge in [0, 0.05) is 63.4 Å². The fourth-order valence-electron chi connectivity index (χ4n) is 9.56. The minimum atomic E-state index is -4.25. The van der Waals surface area contributed by atoms with Gasteiger partial charge in [0.25, 0.3) is 10.1 Å². The third kappa shape index (κ3) is 23.1. The van der Waals surface area contributed by atoms with Gasteiger partial charge in [-0.05, 0) is 87.0 Å². The van der Waals surface area contributed by atoms with E-state index in [0.29, 0.717) is 44.1 Å². The van der Waals surface area contributed by atoms with Gasteiger partial charge in [-0.2, -0.15) is 8.42 Å². The first-order chi connectivity index (χ1) is 33.5. The van der Waals surface area contributed by atoms with Crippen molar-refractivity contribution in [1.82, 2.24) is 0 Å². The fourth-order valence-corrected chi connectivity index (χ4v) is 9.85. The lowest BCUT2D eigenvalue weighted by molar-refractivity contribution is -0.347. The Balaban J connectivity index is 2.54. The van der Waals surface area contributed by atoms with Crippen molar-refractivity contribution in [2.45, 2.75) is 216 Å². The molecule has 72 heavy (non-hydrogen) atoms. The Labute approximate surface area is 429 Å². The van der Waals surface area contributed by atoms with E-state index in [4.69, 9.17) is 42.4 Å². The van der Waals surface area contributed by atoms with E-state index < -0.39 is 119 Å². The normalized spacial score (nSPS) is 24.2. The van der Waals surface area contributed by atoms with E-state index in [0.717, 1.165) is 0 Å². The molecule has 19 heteroatoms. The molecule has 0 aromatic heterocycles. The molecule has 0 aromatic rings. The van der Waals surface area contributed by atoms with Gasteiger partial charge in [-0.1, -0.05) is 81.4 Å². The quantitative estimate of drug-likeness (QED) is 0.0235. The summed E-state index contributed by atoms with van der Waals surface area (Å²) in [6.45, 7) is 23.0. The molecule has 8 unspecified atom stereocenters. The lowest BCUT2D eigenvalue weighted by atomic mass is 9.79. The van der Waals surface area contributed by atoms with Crippen LogP contribution in [-0.4, -0.2) is 122 Å². The van der Waals surface area contributed by atoms with Crippen LogP contribution in [0.2, 0.25) is 0 Å². The van der Waals surface area contributed by atoms with Crippen LogP contribution in [0.25, 0.3) is 0 Å². The Morgan fingerprint density at radius 2 is 1.31 bits per heavy atom. The maximum absolute atomic E-state index is 13.7. The number of hydrogen-bond acceptors (Lipinski definition) is 17. The van der Waals surface area contributed by atoms with Gasteiger partial charge in [-0.3, -0.25) is 28.5 Å². The van der Waals surface area contributed by atoms with Crippen molar-refractivity contribution >= 4 is 45.9 Å². The van der Waals surface area contributed by atoms with Crippen molar-refractivity contribution in [3.63, 3.8) is 0 Å². The highest BCUT2D eigenvalue weighted by Gasteiger charge is 2.51. The number of aliphatic hydroxyl groups is 1. The Kier molecular flexibility index (Phi) is 27.2. The molecule has 0 bridgehead atoms. The first-order valence-electron chi connectivity index (χ1n) is 25.8. The van der Waals surface area contributed by atoms with Gasteiger partial charge in [0.05, 0.1) is 19.3 Å². The second-order valence-corrected chi connectivity index (χ2v) is 23.0. The Hall–Kier alpha value is -3.91. The second-order valence-electron chi connectivity index (χ2n) is 21.4. The molecule has 2 N–H and O–H groups in total. The molecule has 0 radical (unpaired) electrons. The molecule has 2 rings (SSSR count). The SMILES string of the molecule is CCC(=O)OC(C/C=C(\C)C(=O)OC)C(C)C(OC(C)=O)C(CC(C)C(OC(=O)CC(C)C)[C@H]1C[C@@H](C)C[C@@]2(C[C@@H](C)C[C@H](C(O)/C(C)=C/CCC(C)CC(=O)OCCS(=O)(=O)O)O2)O1)OC(=O)CC(C)C. The molecule has 2 aliphatic heterocycles. The topological polar surface area (TPSA) is 251 Å². The number of allylic oxidation sites excluding steroid dienone is 1. The number of carbonyl (C=O) groups is 6. The maximum atomic E-state index is 13.7. The van der Waals surface area contributed by atoms with Crippen LogP contribution in [0.5, 0.6) is 0 Å². The zero-order valence-electron chi connectivity index (χ0n) is 45.5. The van der Waals surface area contributed by atoms with Crippen molar-refractivity contribution in [2.24, 2.45) is 41.4 Å². The summed E-state index contributed by atoms with van der Waals surface area (Å²) in [5.41, 5.74) is 0.951. The van der Waals surface area contributed by atoms with Crippen LogP contribution < -0.4 is 0 Å². The Morgan fingerprint density at radius 3 is 1.85 bits per heavy atom. The standard InChI is InChI=1S/C53H88O18S/c1-15-45(55)67-41(20-19-37(10)52(60)64-14)39(12)51(66-40(13)54)43(68-47(57)23-31(2)3)28-38(11)50(69-48(58)24-32(4)5)44-26-35(8)30-53(71-44)29-34(7)25-42(70-53)49(59)36(9)18-16-17-33(6)27-46(56)65-21-22-72(61,62)63/h18-19,31-35,38-39,41-44,49-51,59H,15-17,20-30H2,1-14H3,(H,61,62,63)/b36-18+,37-19+/t33?,34-,35+,38?,39?,41?,42+,43?,44+,49?,50?,51?,53+/m0/s1. The molecule has 2 fully saturated rings. The third-order valence-corrected chi connectivity index (χ3v) is 13.8. The summed E-state index contributed by atoms with van der Waals surface area (Å²) in [4.78, 5) is 77.7. The summed E-state index contributed by atoms with van der Waals surface area (Å²) in [5, 5.41) is 11.8. The lowest BCUT2D eigenvalue weighted by Gasteiger charge is -2.52. The summed E-state index contributed by atoms with van der Waals surface area (Å²) < 4.78 is 79.1. The van der Waals surface area contributed by atoms with Gasteiger partial charge < -0.3 is 43.0 Å². The van der Waals surface area contributed by atoms with Crippen molar-refractivity contribution in [3.05, 3.63) is 23.3 Å². The lowest BCUT2D eigenvalue weighted by Crippen LogP contribution is -2.57. The van der Waals surface area contributed by atoms with Crippen LogP contribution >= 0.6 is 0 Å². The summed E-state index contributed by atoms with van der Waals surface area (Å²) in [6, 6.07) is 0. The van der Waals surface area contributed by atoms with Gasteiger partial charge >= 0.3 is 35.8 Å². The number of methoxy groups -OCH3 is 1. The molecule has 13 atom stereocenters. The molecule has 0 aromatic carbocycles. The molecule has 2 heterocycles. The summed E-state index contributed by atoms with van der Waals surface area (Å²) in [7, 11) is -2.99. The molecule has 18 nitrogen and oxygen atoms in total. The summed E-state index contributed by atoms with van der Waals surface area (Å²) in [6.07, 6.45) is 0.446. The highest BCUT2D eigenvalue weighted by Crippen LogP contribution is 2.46. The minimum absolute atomic E-state index is 0.00666. The van der Waals surface area contributed by atoms with Crippen LogP contribution in [0.1, 0.15) is 167 Å². The predicted molar refractivity (Wildman–Crippen MR) is 267 cm³/mol. The summed E-state index contributed by atoms with van der Waals surface area (Å²) >= 11 is 0. The molecular weight excluding hydrogens is 957 g/mol. The van der Waals surface area contributed by atoms with E-state index in [1.807, 2.05) is 54.5 Å². The molecule has 1 spiro atoms. The molecule has 0 saturated carbocycles. The number of rotatable bonds is 29. The van der Waals surface area contributed by atoms with Crippen molar-refractivity contribution in [3.8, 4) is 0 Å². The molecule has 0 amide bonds. The fraction of sp³-hybridized carbons (Fsp3) is 0.811. The van der Waals surface area contributed by atoms with Crippen molar-refractivity contribution in [1.29, 1.82) is 0 Å². The molecular formula is C53H88O18S. The van der Waals surface area contributed by atoms with E-state index in [-0.39, 0.29) is 73.7 Å². The maximum Gasteiger partial charge on any atom is 0.333 e. The number of aliphatic hydroxyl groups excluding tert-OH is 1. The summed E-state index contributed by atoms with van der Waals surface area (Å²) in [5.74, 6) is -6.72. The smallest absolute Gasteiger partial charge is 0.333 e. The van der Waals surface area contributed by atoms with Crippen LogP contribution in [0, 0.1) is 41.4 Å². The zero-order chi connectivity index (χ0) is 54.7. The zero-order valence-corrected chi connectivity index (χ0v) is 46.3. The first kappa shape index (κ1) is 64.2. The highest BCUT2D eigenvalue weighted by atomic mass is 32.2. The van der Waals surface area contributed by atoms with Crippen molar-refractivity contribution < 1.29 is 84.7 Å². The average Bonchev–Trinajstić information content (AvgIpc) is 3.25. The number of esters is 6. The Morgan fingerprint density at radius 1 is 0.750 bits per heavy atom. The van der Waals surface area contributed by atoms with Gasteiger partial charge in [-0.25, -0.2) is 4.79 Å². The monoisotopic (exact) mass is 1040 g/mol. The van der Waals surface area contributed by atoms with E-state index >= 15 is 0 Å². The van der Waals surface area contributed by atoms with Gasteiger partial charge in [0.15, 0.2) is 5.79 Å². The van der Waals surface area contributed by atoms with Crippen LogP contribution in [0.15, 0.2) is 23.3 Å². The highest BCUT2D eigenvalue weighted by molar-refractivity contribution is 7.85. The van der Waals surface area contributed by atoms with Crippen molar-refractivity contribution in [2.75, 3.05) is 19.5 Å². The Bertz CT molecular complexity index is 1940. The predicted octanol–water partition coefficient (Wildman–Crippen LogP) is 8.20. The van der Waals surface area contributed by atoms with E-state index in [1.54, 1.807) is 26.8 Å². The number of carbonyl (C=O) groups excluding carboxylic acids is 6. The largest absolute Gasteiger partial charge is 0.466 e. The second kappa shape index (κ2) is 30.5. The number of hydrogen-bond donors (Lipinski definition) is 2. The first-order valence-corrected chi connectivity index (χ1v) is 27.4. The third-order valence-electron chi connectivity index (χ3n) is 13.1. The molecule has 0 aliphatic carbocycles. The van der Waals surface area contributed by atoms with Crippen LogP contribution in [0.4, 0.5) is 0 Å². The minimum Gasteiger partial charge on any atom is -0.466 e. The van der Waals surface area contributed by atoms with E-state index in [2.05, 4.69) is 13.8 Å². The molecule has 414 valence electrons. The van der Waals surface area contributed by atoms with E-state index in [9.17, 15) is 42.3 Å². The average molecular weight is 1050 g/mol. The van der Waals surface area contributed by atoms with E-state index in [1.165, 1.54) is 14.0 Å². The van der Waals surface area contributed by atoms with Gasteiger partial charge in [0.2, 0.25) is 0 Å². The van der Waals surface area contributed by atoms with Crippen LogP contribution in [-0.2, 0) is 76.8 Å². The van der Waals surface area contributed by atoms with Crippen LogP contribution in [0.3, 0.4) is 0 Å². The molecule has 2 saturated heterocycles. The number of ether oxygens (including phenoxy) is 8. The van der Waals surface area contributed by atoms with Gasteiger partial charge in [-0.15, -0.1) is 0 Å².